The molecule has 0 saturated carbocycles. The zero-order valence-corrected chi connectivity index (χ0v) is 13.4. The number of aliphatic hydroxyl groups excluding tert-OH is 1. The highest BCUT2D eigenvalue weighted by Gasteiger charge is 2.08. The minimum atomic E-state index is -0.153. The quantitative estimate of drug-likeness (QED) is 0.636. The van der Waals surface area contributed by atoms with Gasteiger partial charge in [0.25, 0.3) is 0 Å². The molecule has 0 aliphatic rings. The first-order valence-corrected chi connectivity index (χ1v) is 7.84. The molecule has 1 atom stereocenters. The highest BCUT2D eigenvalue weighted by Crippen LogP contribution is 2.12. The van der Waals surface area contributed by atoms with Crippen LogP contribution in [0.25, 0.3) is 0 Å². The number of rotatable bonds is 8. The van der Waals surface area contributed by atoms with Gasteiger partial charge in [-0.05, 0) is 43.4 Å². The number of nitrogens with one attached hydrogen (secondary N) is 2. The zero-order valence-electron chi connectivity index (χ0n) is 11.9. The van der Waals surface area contributed by atoms with Gasteiger partial charge < -0.3 is 15.7 Å². The van der Waals surface area contributed by atoms with Crippen LogP contribution in [0, 0.1) is 0 Å². The number of benzene rings is 1. The standard InChI is InChI=1S/C15H23BrN2O2/c1-2-14(8-10-19)18-15(20)17-9-4-6-12-5-3-7-13(16)11-12/h3,5,7,11,14,19H,2,4,6,8-10H2,1H3,(H2,17,18,20). The molecule has 0 aliphatic carbocycles. The van der Waals surface area contributed by atoms with Gasteiger partial charge in [-0.1, -0.05) is 35.0 Å². The number of aliphatic hydroxyl groups is 1. The van der Waals surface area contributed by atoms with Crippen LogP contribution in [0.2, 0.25) is 0 Å². The second-order valence-corrected chi connectivity index (χ2v) is 5.67. The maximum absolute atomic E-state index is 11.6. The van der Waals surface area contributed by atoms with Crippen LogP contribution >= 0.6 is 15.9 Å². The van der Waals surface area contributed by atoms with E-state index < -0.39 is 0 Å². The zero-order chi connectivity index (χ0) is 14.8. The number of amides is 2. The van der Waals surface area contributed by atoms with Crippen LogP contribution in [0.4, 0.5) is 4.79 Å². The molecule has 112 valence electrons. The summed E-state index contributed by atoms with van der Waals surface area (Å²) >= 11 is 3.44. The van der Waals surface area contributed by atoms with Crippen LogP contribution in [-0.4, -0.2) is 30.3 Å². The molecule has 20 heavy (non-hydrogen) atoms. The van der Waals surface area contributed by atoms with Gasteiger partial charge in [-0.3, -0.25) is 0 Å². The average Bonchev–Trinajstić information content (AvgIpc) is 2.43. The number of aryl methyl sites for hydroxylation is 1. The first-order valence-electron chi connectivity index (χ1n) is 7.05. The van der Waals surface area contributed by atoms with Gasteiger partial charge in [0.05, 0.1) is 0 Å². The van der Waals surface area contributed by atoms with Crippen molar-refractivity contribution in [2.75, 3.05) is 13.2 Å². The summed E-state index contributed by atoms with van der Waals surface area (Å²) in [6, 6.07) is 8.08. The number of carbonyl (C=O) groups excluding carboxylic acids is 1. The van der Waals surface area contributed by atoms with E-state index in [-0.39, 0.29) is 18.7 Å². The Labute approximate surface area is 129 Å². The summed E-state index contributed by atoms with van der Waals surface area (Å²) in [5.41, 5.74) is 1.26. The third-order valence-electron chi connectivity index (χ3n) is 3.12. The fraction of sp³-hybridized carbons (Fsp3) is 0.533. The lowest BCUT2D eigenvalue weighted by molar-refractivity contribution is 0.228. The summed E-state index contributed by atoms with van der Waals surface area (Å²) in [7, 11) is 0. The first kappa shape index (κ1) is 17.0. The summed E-state index contributed by atoms with van der Waals surface area (Å²) < 4.78 is 1.08. The van der Waals surface area contributed by atoms with Crippen LogP contribution in [0.1, 0.15) is 31.7 Å². The number of halogens is 1. The van der Waals surface area contributed by atoms with E-state index in [1.165, 1.54) is 5.56 Å². The molecular weight excluding hydrogens is 320 g/mol. The Kier molecular flexibility index (Phi) is 8.30. The maximum Gasteiger partial charge on any atom is 0.315 e. The van der Waals surface area contributed by atoms with Crippen LogP contribution in [0.5, 0.6) is 0 Å². The first-order chi connectivity index (χ1) is 9.65. The monoisotopic (exact) mass is 342 g/mol. The number of urea groups is 1. The van der Waals surface area contributed by atoms with E-state index in [1.54, 1.807) is 0 Å². The molecule has 1 aromatic rings. The van der Waals surface area contributed by atoms with Crippen molar-refractivity contribution in [3.8, 4) is 0 Å². The van der Waals surface area contributed by atoms with E-state index in [4.69, 9.17) is 5.11 Å². The van der Waals surface area contributed by atoms with Crippen LogP contribution < -0.4 is 10.6 Å². The molecule has 5 heteroatoms. The molecule has 1 aromatic carbocycles. The molecule has 1 unspecified atom stereocenters. The van der Waals surface area contributed by atoms with Gasteiger partial charge in [-0.15, -0.1) is 0 Å². The van der Waals surface area contributed by atoms with Gasteiger partial charge in [0.15, 0.2) is 0 Å². The van der Waals surface area contributed by atoms with Crippen molar-refractivity contribution in [3.05, 3.63) is 34.3 Å². The molecule has 0 radical (unpaired) electrons. The second kappa shape index (κ2) is 9.77. The maximum atomic E-state index is 11.6. The Morgan fingerprint density at radius 2 is 2.25 bits per heavy atom. The Hall–Kier alpha value is -1.07. The highest BCUT2D eigenvalue weighted by atomic mass is 79.9. The molecule has 0 aliphatic heterocycles. The molecule has 3 N–H and O–H groups in total. The largest absolute Gasteiger partial charge is 0.396 e. The van der Waals surface area contributed by atoms with E-state index >= 15 is 0 Å². The Morgan fingerprint density at radius 1 is 1.45 bits per heavy atom. The molecule has 0 saturated heterocycles. The summed E-state index contributed by atoms with van der Waals surface area (Å²) in [5, 5.41) is 14.6. The minimum Gasteiger partial charge on any atom is -0.396 e. The van der Waals surface area contributed by atoms with Crippen molar-refractivity contribution in [1.82, 2.24) is 10.6 Å². The predicted molar refractivity (Wildman–Crippen MR) is 84.8 cm³/mol. The van der Waals surface area contributed by atoms with Crippen molar-refractivity contribution in [1.29, 1.82) is 0 Å². The van der Waals surface area contributed by atoms with Crippen molar-refractivity contribution in [2.45, 2.75) is 38.6 Å². The van der Waals surface area contributed by atoms with E-state index in [1.807, 2.05) is 19.1 Å². The average molecular weight is 343 g/mol. The third-order valence-corrected chi connectivity index (χ3v) is 3.62. The molecule has 0 aromatic heterocycles. The molecule has 0 bridgehead atoms. The fourth-order valence-corrected chi connectivity index (χ4v) is 2.40. The Bertz CT molecular complexity index is 413. The van der Waals surface area contributed by atoms with Gasteiger partial charge in [0, 0.05) is 23.7 Å². The Balaban J connectivity index is 2.18. The van der Waals surface area contributed by atoms with Crippen molar-refractivity contribution < 1.29 is 9.90 Å². The molecular formula is C15H23BrN2O2. The van der Waals surface area contributed by atoms with Gasteiger partial charge in [0.2, 0.25) is 0 Å². The number of hydrogen-bond acceptors (Lipinski definition) is 2. The summed E-state index contributed by atoms with van der Waals surface area (Å²) in [6.07, 6.45) is 3.27. The van der Waals surface area contributed by atoms with E-state index in [9.17, 15) is 4.79 Å². The topological polar surface area (TPSA) is 61.4 Å². The lowest BCUT2D eigenvalue weighted by Crippen LogP contribution is -2.42. The molecule has 0 fully saturated rings. The van der Waals surface area contributed by atoms with Crippen LogP contribution in [0.3, 0.4) is 0 Å². The molecule has 1 rings (SSSR count). The van der Waals surface area contributed by atoms with Gasteiger partial charge in [-0.2, -0.15) is 0 Å². The second-order valence-electron chi connectivity index (χ2n) is 4.75. The number of hydrogen-bond donors (Lipinski definition) is 3. The SMILES string of the molecule is CCC(CCO)NC(=O)NCCCc1cccc(Br)c1. The van der Waals surface area contributed by atoms with Gasteiger partial charge in [0.1, 0.15) is 0 Å². The van der Waals surface area contributed by atoms with E-state index in [0.29, 0.717) is 13.0 Å². The predicted octanol–water partition coefficient (Wildman–Crippen LogP) is 2.84. The van der Waals surface area contributed by atoms with Crippen LogP contribution in [0.15, 0.2) is 28.7 Å². The van der Waals surface area contributed by atoms with Crippen molar-refractivity contribution in [3.63, 3.8) is 0 Å². The third kappa shape index (κ3) is 6.91. The normalized spacial score (nSPS) is 11.9. The smallest absolute Gasteiger partial charge is 0.315 e. The van der Waals surface area contributed by atoms with Crippen LogP contribution in [-0.2, 0) is 6.42 Å². The summed E-state index contributed by atoms with van der Waals surface area (Å²) in [4.78, 5) is 11.6. The lowest BCUT2D eigenvalue weighted by Gasteiger charge is -2.16. The lowest BCUT2D eigenvalue weighted by atomic mass is 10.1. The number of carbonyl (C=O) groups is 1. The van der Waals surface area contributed by atoms with E-state index in [0.717, 1.165) is 23.7 Å². The highest BCUT2D eigenvalue weighted by molar-refractivity contribution is 9.10. The molecule has 0 heterocycles. The molecule has 4 nitrogen and oxygen atoms in total. The summed E-state index contributed by atoms with van der Waals surface area (Å²) in [5.74, 6) is 0. The minimum absolute atomic E-state index is 0.0464. The van der Waals surface area contributed by atoms with Crippen molar-refractivity contribution >= 4 is 22.0 Å². The molecule has 2 amide bonds. The van der Waals surface area contributed by atoms with Crippen molar-refractivity contribution in [2.24, 2.45) is 0 Å². The fourth-order valence-electron chi connectivity index (χ4n) is 1.96. The van der Waals surface area contributed by atoms with Gasteiger partial charge >= 0.3 is 6.03 Å². The van der Waals surface area contributed by atoms with E-state index in [2.05, 4.69) is 38.7 Å². The molecule has 0 spiro atoms. The Morgan fingerprint density at radius 3 is 2.90 bits per heavy atom. The summed E-state index contributed by atoms with van der Waals surface area (Å²) in [6.45, 7) is 2.74. The van der Waals surface area contributed by atoms with Gasteiger partial charge in [-0.25, -0.2) is 4.79 Å².